The van der Waals surface area contributed by atoms with Crippen molar-refractivity contribution in [2.45, 2.75) is 33.7 Å². The summed E-state index contributed by atoms with van der Waals surface area (Å²) in [4.78, 5) is 11.9. The van der Waals surface area contributed by atoms with Gasteiger partial charge in [-0.3, -0.25) is 4.79 Å². The average Bonchev–Trinajstić information content (AvgIpc) is 2.74. The Morgan fingerprint density at radius 1 is 1.53 bits per heavy atom. The van der Waals surface area contributed by atoms with E-state index in [2.05, 4.69) is 26.1 Å². The fourth-order valence-electron chi connectivity index (χ4n) is 1.75. The van der Waals surface area contributed by atoms with Crippen LogP contribution >= 0.6 is 0 Å². The molecule has 0 bridgehead atoms. The molecule has 1 rings (SSSR count). The summed E-state index contributed by atoms with van der Waals surface area (Å²) in [5.74, 6) is 0.619. The van der Waals surface area contributed by atoms with E-state index in [9.17, 15) is 4.79 Å². The Labute approximate surface area is 103 Å². The molecule has 4 nitrogen and oxygen atoms in total. The Kier molecular flexibility index (Phi) is 4.75. The minimum Gasteiger partial charge on any atom is -0.467 e. The first-order chi connectivity index (χ1) is 7.92. The maximum atomic E-state index is 11.9. The van der Waals surface area contributed by atoms with Crippen molar-refractivity contribution in [2.75, 3.05) is 6.54 Å². The largest absolute Gasteiger partial charge is 0.467 e. The molecule has 0 spiro atoms. The number of furan rings is 1. The summed E-state index contributed by atoms with van der Waals surface area (Å²) in [6.07, 6.45) is 2.38. The highest BCUT2D eigenvalue weighted by molar-refractivity contribution is 5.78. The molecular weight excluding hydrogens is 216 g/mol. The number of nitrogens with one attached hydrogen (secondary N) is 1. The van der Waals surface area contributed by atoms with Gasteiger partial charge in [-0.2, -0.15) is 0 Å². The number of carbonyl (C=O) groups excluding carboxylic acids is 1. The van der Waals surface area contributed by atoms with Gasteiger partial charge in [-0.05, 0) is 24.0 Å². The van der Waals surface area contributed by atoms with Crippen molar-refractivity contribution in [2.24, 2.45) is 17.1 Å². The van der Waals surface area contributed by atoms with Gasteiger partial charge in [0.15, 0.2) is 0 Å². The predicted octanol–water partition coefficient (Wildman–Crippen LogP) is 1.91. The van der Waals surface area contributed by atoms with Gasteiger partial charge in [0.1, 0.15) is 5.76 Å². The number of carbonyl (C=O) groups is 1. The average molecular weight is 238 g/mol. The lowest BCUT2D eigenvalue weighted by molar-refractivity contribution is -0.125. The monoisotopic (exact) mass is 238 g/mol. The third kappa shape index (κ3) is 5.04. The van der Waals surface area contributed by atoms with Gasteiger partial charge in [0.2, 0.25) is 5.91 Å². The van der Waals surface area contributed by atoms with Crippen LogP contribution in [0.25, 0.3) is 0 Å². The zero-order valence-electron chi connectivity index (χ0n) is 10.8. The van der Waals surface area contributed by atoms with E-state index in [1.54, 1.807) is 12.3 Å². The van der Waals surface area contributed by atoms with Crippen molar-refractivity contribution in [3.63, 3.8) is 0 Å². The van der Waals surface area contributed by atoms with E-state index in [0.717, 1.165) is 12.2 Å². The first-order valence-electron chi connectivity index (χ1n) is 5.92. The highest BCUT2D eigenvalue weighted by Crippen LogP contribution is 2.24. The topological polar surface area (TPSA) is 68.3 Å². The van der Waals surface area contributed by atoms with E-state index in [4.69, 9.17) is 10.2 Å². The van der Waals surface area contributed by atoms with Crippen LogP contribution in [0.4, 0.5) is 0 Å². The Bertz CT molecular complexity index is 339. The molecule has 96 valence electrons. The van der Waals surface area contributed by atoms with E-state index in [-0.39, 0.29) is 17.2 Å². The fraction of sp³-hybridized carbons (Fsp3) is 0.615. The highest BCUT2D eigenvalue weighted by Gasteiger charge is 2.23. The second-order valence-electron chi connectivity index (χ2n) is 5.49. The number of rotatable bonds is 5. The molecule has 1 atom stereocenters. The Hall–Kier alpha value is -1.29. The molecule has 0 aliphatic carbocycles. The zero-order valence-corrected chi connectivity index (χ0v) is 10.8. The summed E-state index contributed by atoms with van der Waals surface area (Å²) in [6.45, 7) is 7.12. The molecule has 1 amide bonds. The van der Waals surface area contributed by atoms with Gasteiger partial charge in [0, 0.05) is 6.54 Å². The molecule has 0 aliphatic heterocycles. The maximum Gasteiger partial charge on any atom is 0.224 e. The van der Waals surface area contributed by atoms with Crippen LogP contribution in [0.2, 0.25) is 0 Å². The summed E-state index contributed by atoms with van der Waals surface area (Å²) in [6, 6.07) is 3.64. The molecule has 1 heterocycles. The van der Waals surface area contributed by atoms with Crippen LogP contribution in [-0.4, -0.2) is 12.5 Å². The van der Waals surface area contributed by atoms with Crippen LogP contribution in [-0.2, 0) is 11.3 Å². The van der Waals surface area contributed by atoms with Crippen molar-refractivity contribution >= 4 is 5.91 Å². The molecule has 3 N–H and O–H groups in total. The van der Waals surface area contributed by atoms with Gasteiger partial charge in [0.05, 0.1) is 18.7 Å². The van der Waals surface area contributed by atoms with Crippen LogP contribution in [0.5, 0.6) is 0 Å². The molecule has 1 unspecified atom stereocenters. The lowest BCUT2D eigenvalue weighted by Crippen LogP contribution is -2.36. The van der Waals surface area contributed by atoms with Gasteiger partial charge in [0.25, 0.3) is 0 Å². The summed E-state index contributed by atoms with van der Waals surface area (Å²) in [5, 5.41) is 2.85. The van der Waals surface area contributed by atoms with Crippen molar-refractivity contribution < 1.29 is 9.21 Å². The van der Waals surface area contributed by atoms with Crippen LogP contribution in [0, 0.1) is 11.3 Å². The molecule has 0 saturated carbocycles. The zero-order chi connectivity index (χ0) is 12.9. The molecule has 1 aromatic heterocycles. The molecule has 1 aromatic rings. The molecule has 0 radical (unpaired) electrons. The first-order valence-corrected chi connectivity index (χ1v) is 5.92. The van der Waals surface area contributed by atoms with E-state index in [0.29, 0.717) is 13.1 Å². The Morgan fingerprint density at radius 3 is 2.71 bits per heavy atom. The molecule has 0 aliphatic rings. The summed E-state index contributed by atoms with van der Waals surface area (Å²) in [5.41, 5.74) is 5.75. The lowest BCUT2D eigenvalue weighted by atomic mass is 9.84. The van der Waals surface area contributed by atoms with Gasteiger partial charge in [-0.25, -0.2) is 0 Å². The fourth-order valence-corrected chi connectivity index (χ4v) is 1.75. The van der Waals surface area contributed by atoms with Crippen molar-refractivity contribution in [3.8, 4) is 0 Å². The highest BCUT2D eigenvalue weighted by atomic mass is 16.3. The summed E-state index contributed by atoms with van der Waals surface area (Å²) < 4.78 is 5.15. The van der Waals surface area contributed by atoms with E-state index < -0.39 is 0 Å². The van der Waals surface area contributed by atoms with Crippen LogP contribution in [0.3, 0.4) is 0 Å². The normalized spacial score (nSPS) is 13.4. The maximum absolute atomic E-state index is 11.9. The van der Waals surface area contributed by atoms with Gasteiger partial charge in [-0.15, -0.1) is 0 Å². The molecular formula is C13H22N2O2. The number of amides is 1. The lowest BCUT2D eigenvalue weighted by Gasteiger charge is -2.24. The van der Waals surface area contributed by atoms with Crippen LogP contribution in [0.15, 0.2) is 22.8 Å². The molecule has 0 saturated heterocycles. The quantitative estimate of drug-likeness (QED) is 0.823. The van der Waals surface area contributed by atoms with Gasteiger partial charge >= 0.3 is 0 Å². The Balaban J connectivity index is 2.44. The number of hydrogen-bond donors (Lipinski definition) is 2. The van der Waals surface area contributed by atoms with Crippen molar-refractivity contribution in [3.05, 3.63) is 24.2 Å². The smallest absolute Gasteiger partial charge is 0.224 e. The van der Waals surface area contributed by atoms with Crippen LogP contribution < -0.4 is 11.1 Å². The van der Waals surface area contributed by atoms with Crippen LogP contribution in [0.1, 0.15) is 33.0 Å². The second-order valence-corrected chi connectivity index (χ2v) is 5.49. The number of hydrogen-bond acceptors (Lipinski definition) is 3. The third-order valence-electron chi connectivity index (χ3n) is 2.53. The third-order valence-corrected chi connectivity index (χ3v) is 2.53. The molecule has 0 aromatic carbocycles. The predicted molar refractivity (Wildman–Crippen MR) is 67.2 cm³/mol. The molecule has 17 heavy (non-hydrogen) atoms. The van der Waals surface area contributed by atoms with E-state index in [1.165, 1.54) is 0 Å². The first kappa shape index (κ1) is 13.8. The van der Waals surface area contributed by atoms with E-state index in [1.807, 2.05) is 6.07 Å². The summed E-state index contributed by atoms with van der Waals surface area (Å²) in [7, 11) is 0. The minimum absolute atomic E-state index is 0.00109. The van der Waals surface area contributed by atoms with Gasteiger partial charge in [-0.1, -0.05) is 20.8 Å². The molecule has 0 fully saturated rings. The summed E-state index contributed by atoms with van der Waals surface area (Å²) >= 11 is 0. The SMILES string of the molecule is CC(C)(C)CC(CN)C(=O)NCc1ccco1. The van der Waals surface area contributed by atoms with E-state index >= 15 is 0 Å². The van der Waals surface area contributed by atoms with Gasteiger partial charge < -0.3 is 15.5 Å². The molecule has 4 heteroatoms. The standard InChI is InChI=1S/C13H22N2O2/c1-13(2,3)7-10(8-14)12(16)15-9-11-5-4-6-17-11/h4-6,10H,7-9,14H2,1-3H3,(H,15,16). The minimum atomic E-state index is -0.134. The van der Waals surface area contributed by atoms with Crippen molar-refractivity contribution in [1.82, 2.24) is 5.32 Å². The van der Waals surface area contributed by atoms with Crippen molar-refractivity contribution in [1.29, 1.82) is 0 Å². The second kappa shape index (κ2) is 5.87. The Morgan fingerprint density at radius 2 is 2.24 bits per heavy atom. The number of nitrogens with two attached hydrogens (primary N) is 1.